The molecule has 1 aliphatic heterocycles. The van der Waals surface area contributed by atoms with E-state index in [1.807, 2.05) is 37.1 Å². The molecule has 1 saturated heterocycles. The summed E-state index contributed by atoms with van der Waals surface area (Å²) < 4.78 is 20.8. The van der Waals surface area contributed by atoms with Crippen LogP contribution in [0.2, 0.25) is 0 Å². The van der Waals surface area contributed by atoms with E-state index in [9.17, 15) is 14.0 Å². The molecule has 2 N–H and O–H groups in total. The van der Waals surface area contributed by atoms with Gasteiger partial charge in [0.25, 0.3) is 0 Å². The molecule has 1 aliphatic carbocycles. The molecule has 13 heteroatoms. The molecule has 2 aliphatic rings. The number of hydrogen-bond acceptors (Lipinski definition) is 8. The van der Waals surface area contributed by atoms with Crippen LogP contribution in [0.5, 0.6) is 11.5 Å². The fourth-order valence-corrected chi connectivity index (χ4v) is 5.79. The first kappa shape index (κ1) is 37.0. The fraction of sp³-hybridized carbons (Fsp3) is 0.375. The number of thioether (sulfide) groups is 1. The van der Waals surface area contributed by atoms with Gasteiger partial charge in [-0.3, -0.25) is 24.5 Å². The van der Waals surface area contributed by atoms with E-state index in [4.69, 9.17) is 16.2 Å². The molecule has 4 aromatic rings. The summed E-state index contributed by atoms with van der Waals surface area (Å²) in [5.41, 5.74) is 16.9. The van der Waals surface area contributed by atoms with Crippen molar-refractivity contribution in [2.45, 2.75) is 46.2 Å². The maximum atomic E-state index is 14.2. The number of nitrogens with one attached hydrogen (secondary N) is 2. The van der Waals surface area contributed by atoms with Crippen molar-refractivity contribution in [1.29, 1.82) is 0 Å². The number of benzene rings is 1. The van der Waals surface area contributed by atoms with Crippen molar-refractivity contribution in [3.63, 3.8) is 0 Å². The third-order valence-electron chi connectivity index (χ3n) is 6.71. The summed E-state index contributed by atoms with van der Waals surface area (Å²) in [5.74, 6) is 0.190. The molecule has 1 saturated carbocycles. The second-order valence-electron chi connectivity index (χ2n) is 10.1. The number of halogens is 1. The molecule has 6 rings (SSSR count). The number of amides is 1. The number of nitrogens with zero attached hydrogens (tertiary/aromatic N) is 4. The molecule has 1 radical (unpaired) electrons. The SMILES string of the molecule is CC.CC(=O)SCC(=O)N1CCN(Cc2ccc(-c3cc4nccc(Oc5ccc([NH-])cc5F)c4s3)nc2)CC1.[NH-]C1CC1.[Y]. The Morgan fingerprint density at radius 2 is 1.76 bits per heavy atom. The summed E-state index contributed by atoms with van der Waals surface area (Å²) in [7, 11) is 0. The third-order valence-corrected chi connectivity index (χ3v) is 8.67. The van der Waals surface area contributed by atoms with E-state index >= 15 is 0 Å². The van der Waals surface area contributed by atoms with E-state index in [0.29, 0.717) is 24.9 Å². The molecular weight excluding hydrogens is 688 g/mol. The predicted molar refractivity (Wildman–Crippen MR) is 177 cm³/mol. The number of pyridine rings is 2. The Balaban J connectivity index is 0.000000719. The number of carbonyl (C=O) groups is 2. The van der Waals surface area contributed by atoms with Gasteiger partial charge in [-0.25, -0.2) is 4.39 Å². The van der Waals surface area contributed by atoms with Crippen LogP contribution < -0.4 is 4.74 Å². The molecule has 0 atom stereocenters. The Kier molecular flexibility index (Phi) is 14.8. The first-order chi connectivity index (χ1) is 21.2. The van der Waals surface area contributed by atoms with Crippen molar-refractivity contribution in [2.75, 3.05) is 31.9 Å². The molecule has 0 bridgehead atoms. The molecule has 3 aromatic heterocycles. The number of carbonyl (C=O) groups excluding carboxylic acids is 2. The molecule has 4 heterocycles. The molecule has 0 spiro atoms. The Bertz CT molecular complexity index is 1560. The van der Waals surface area contributed by atoms with Crippen LogP contribution in [0.1, 0.15) is 39.2 Å². The molecule has 2 fully saturated rings. The van der Waals surface area contributed by atoms with Crippen molar-refractivity contribution < 1.29 is 51.4 Å². The monoisotopic (exact) mass is 725 g/mol. The van der Waals surface area contributed by atoms with Crippen molar-refractivity contribution in [1.82, 2.24) is 19.8 Å². The third kappa shape index (κ3) is 11.1. The molecule has 45 heavy (non-hydrogen) atoms. The van der Waals surface area contributed by atoms with Crippen molar-refractivity contribution in [3.8, 4) is 22.1 Å². The minimum atomic E-state index is -0.587. The molecule has 1 aromatic carbocycles. The minimum absolute atomic E-state index is 0. The van der Waals surface area contributed by atoms with Gasteiger partial charge in [0, 0.05) is 90.8 Å². The van der Waals surface area contributed by atoms with Crippen molar-refractivity contribution in [3.05, 3.63) is 77.7 Å². The number of ether oxygens (including phenoxy) is 1. The van der Waals surface area contributed by atoms with Gasteiger partial charge in [0.15, 0.2) is 16.7 Å². The Morgan fingerprint density at radius 3 is 2.36 bits per heavy atom. The summed E-state index contributed by atoms with van der Waals surface area (Å²) in [6.45, 7) is 9.06. The van der Waals surface area contributed by atoms with Crippen LogP contribution in [0.15, 0.2) is 54.9 Å². The summed E-state index contributed by atoms with van der Waals surface area (Å²) in [6, 6.07) is 12.1. The van der Waals surface area contributed by atoms with Crippen LogP contribution in [-0.4, -0.2) is 68.8 Å². The second kappa shape index (κ2) is 18.0. The van der Waals surface area contributed by atoms with E-state index in [1.165, 1.54) is 30.4 Å². The minimum Gasteiger partial charge on any atom is -0.699 e. The zero-order chi connectivity index (χ0) is 31.6. The van der Waals surface area contributed by atoms with Gasteiger partial charge in [0.1, 0.15) is 5.75 Å². The normalized spacial score (nSPS) is 14.4. The summed E-state index contributed by atoms with van der Waals surface area (Å²) in [5, 5.41) is -0.0415. The topological polar surface area (TPSA) is 123 Å². The molecule has 0 unspecified atom stereocenters. The number of aromatic nitrogens is 2. The number of hydrogen-bond donors (Lipinski definition) is 0. The van der Waals surface area contributed by atoms with Crippen LogP contribution in [-0.2, 0) is 48.8 Å². The van der Waals surface area contributed by atoms with E-state index in [2.05, 4.69) is 20.9 Å². The van der Waals surface area contributed by atoms with E-state index in [-0.39, 0.29) is 60.9 Å². The quantitative estimate of drug-likeness (QED) is 0.189. The molecular formula is C32H37FN6O3S2Y-2. The maximum Gasteiger partial charge on any atom is 0.233 e. The van der Waals surface area contributed by atoms with Gasteiger partial charge in [0.2, 0.25) is 5.91 Å². The van der Waals surface area contributed by atoms with Gasteiger partial charge in [-0.15, -0.1) is 23.1 Å². The van der Waals surface area contributed by atoms with Gasteiger partial charge in [-0.05, 0) is 29.8 Å². The Morgan fingerprint density at radius 1 is 1.04 bits per heavy atom. The summed E-state index contributed by atoms with van der Waals surface area (Å²) in [6.07, 6.45) is 5.79. The van der Waals surface area contributed by atoms with E-state index in [1.54, 1.807) is 12.3 Å². The van der Waals surface area contributed by atoms with Crippen LogP contribution in [0, 0.1) is 5.82 Å². The summed E-state index contributed by atoms with van der Waals surface area (Å²) >= 11 is 2.53. The largest absolute Gasteiger partial charge is 0.699 e. The van der Waals surface area contributed by atoms with Gasteiger partial charge >= 0.3 is 0 Å². The second-order valence-corrected chi connectivity index (χ2v) is 12.3. The Labute approximate surface area is 297 Å². The molecule has 237 valence electrons. The van der Waals surface area contributed by atoms with Crippen molar-refractivity contribution in [2.24, 2.45) is 0 Å². The van der Waals surface area contributed by atoms with E-state index < -0.39 is 5.82 Å². The first-order valence-electron chi connectivity index (χ1n) is 14.6. The Hall–Kier alpha value is -2.48. The maximum absolute atomic E-state index is 14.2. The first-order valence-corrected chi connectivity index (χ1v) is 16.4. The van der Waals surface area contributed by atoms with Crippen LogP contribution >= 0.6 is 23.1 Å². The number of rotatable bonds is 7. The van der Waals surface area contributed by atoms with Crippen LogP contribution in [0.4, 0.5) is 10.1 Å². The van der Waals surface area contributed by atoms with Gasteiger partial charge in [-0.2, -0.15) is 0 Å². The van der Waals surface area contributed by atoms with Crippen LogP contribution in [0.3, 0.4) is 0 Å². The van der Waals surface area contributed by atoms with E-state index in [0.717, 1.165) is 76.7 Å². The average Bonchev–Trinajstić information content (AvgIpc) is 3.68. The fourth-order valence-electron chi connectivity index (χ4n) is 4.24. The van der Waals surface area contributed by atoms with Crippen molar-refractivity contribution >= 4 is 50.0 Å². The van der Waals surface area contributed by atoms with Crippen LogP contribution in [0.25, 0.3) is 32.3 Å². The molecule has 9 nitrogen and oxygen atoms in total. The van der Waals surface area contributed by atoms with Gasteiger partial charge in [-0.1, -0.05) is 50.6 Å². The number of piperazine rings is 1. The smallest absolute Gasteiger partial charge is 0.233 e. The zero-order valence-corrected chi connectivity index (χ0v) is 30.2. The van der Waals surface area contributed by atoms with Gasteiger partial charge < -0.3 is 21.1 Å². The predicted octanol–water partition coefficient (Wildman–Crippen LogP) is 8.12. The van der Waals surface area contributed by atoms with Gasteiger partial charge in [0.05, 0.1) is 26.5 Å². The average molecular weight is 726 g/mol. The number of fused-ring (bicyclic) bond motifs is 1. The standard InChI is InChI=1S/C27H25FN5O3S2.C3H6N.C2H6.Y/c1-17(34)37-16-26(35)33-10-8-32(9-11-33)15-18-2-4-21(31-14-18)25-13-22-27(38-25)24(6-7-30-22)36-23-5-3-19(29)12-20(23)28;4-3-1-2-3;1-2;/h2-7,12-14,29H,8-11,15-16H2,1H3;3-4H,1-2H2;1-2H3;/q2*-1;;. The summed E-state index contributed by atoms with van der Waals surface area (Å²) in [4.78, 5) is 37.5. The molecule has 1 amide bonds. The zero-order valence-electron chi connectivity index (χ0n) is 25.7. The number of thiophene rings is 1.